The number of ether oxygens (including phenoxy) is 1. The summed E-state index contributed by atoms with van der Waals surface area (Å²) >= 11 is 0. The third kappa shape index (κ3) is 3.95. The van der Waals surface area contributed by atoms with E-state index in [2.05, 4.69) is 4.90 Å². The van der Waals surface area contributed by atoms with Gasteiger partial charge in [-0.3, -0.25) is 4.79 Å². The number of amides is 1. The monoisotopic (exact) mass is 292 g/mol. The van der Waals surface area contributed by atoms with E-state index >= 15 is 0 Å². The quantitative estimate of drug-likeness (QED) is 0.843. The van der Waals surface area contributed by atoms with E-state index in [9.17, 15) is 9.59 Å². The molecule has 1 aliphatic rings. The van der Waals surface area contributed by atoms with Crippen LogP contribution in [0.3, 0.4) is 0 Å². The molecule has 0 atom stereocenters. The average molecular weight is 292 g/mol. The first-order valence-electron chi connectivity index (χ1n) is 7.00. The second-order valence-corrected chi connectivity index (χ2v) is 4.92. The molecule has 0 aliphatic carbocycles. The maximum Gasteiger partial charge on any atom is 0.409 e. The number of anilines is 1. The molecule has 1 fully saturated rings. The number of hydrogen-bond acceptors (Lipinski definition) is 5. The third-order valence-electron chi connectivity index (χ3n) is 3.49. The molecule has 6 nitrogen and oxygen atoms in total. The molecule has 114 valence electrons. The number of piperazine rings is 1. The highest BCUT2D eigenvalue weighted by Gasteiger charge is 2.22. The predicted molar refractivity (Wildman–Crippen MR) is 78.7 cm³/mol. The van der Waals surface area contributed by atoms with Gasteiger partial charge in [0.1, 0.15) is 6.61 Å². The van der Waals surface area contributed by atoms with E-state index in [0.29, 0.717) is 31.7 Å². The Bertz CT molecular complexity index is 493. The van der Waals surface area contributed by atoms with E-state index in [1.165, 1.54) is 0 Å². The summed E-state index contributed by atoms with van der Waals surface area (Å²) in [6.07, 6.45) is -0.379. The summed E-state index contributed by atoms with van der Waals surface area (Å²) in [6, 6.07) is 7.49. The van der Waals surface area contributed by atoms with Gasteiger partial charge in [0.05, 0.1) is 6.61 Å². The Morgan fingerprint density at radius 3 is 2.29 bits per heavy atom. The summed E-state index contributed by atoms with van der Waals surface area (Å²) < 4.78 is 4.89. The van der Waals surface area contributed by atoms with Crippen LogP contribution in [0.1, 0.15) is 17.3 Å². The van der Waals surface area contributed by atoms with E-state index in [4.69, 9.17) is 9.84 Å². The summed E-state index contributed by atoms with van der Waals surface area (Å²) in [4.78, 5) is 26.7. The average Bonchev–Trinajstić information content (AvgIpc) is 2.53. The molecule has 1 N–H and O–H groups in total. The molecule has 0 saturated carbocycles. The fourth-order valence-electron chi connectivity index (χ4n) is 2.28. The molecule has 6 heteroatoms. The van der Waals surface area contributed by atoms with Crippen molar-refractivity contribution in [3.8, 4) is 0 Å². The van der Waals surface area contributed by atoms with Crippen molar-refractivity contribution in [2.45, 2.75) is 6.92 Å². The van der Waals surface area contributed by atoms with Crippen LogP contribution < -0.4 is 4.90 Å². The molecule has 0 bridgehead atoms. The Kier molecular flexibility index (Phi) is 5.16. The molecule has 0 radical (unpaired) electrons. The maximum atomic E-state index is 11.7. The van der Waals surface area contributed by atoms with Crippen LogP contribution in [0.5, 0.6) is 0 Å². The largest absolute Gasteiger partial charge is 0.447 e. The lowest BCUT2D eigenvalue weighted by atomic mass is 10.1. The van der Waals surface area contributed by atoms with Gasteiger partial charge in [-0.05, 0) is 31.2 Å². The van der Waals surface area contributed by atoms with Crippen molar-refractivity contribution < 1.29 is 19.4 Å². The number of carbonyl (C=O) groups excluding carboxylic acids is 2. The van der Waals surface area contributed by atoms with Crippen molar-refractivity contribution in [3.05, 3.63) is 29.8 Å². The highest BCUT2D eigenvalue weighted by Crippen LogP contribution is 2.18. The van der Waals surface area contributed by atoms with Crippen molar-refractivity contribution in [2.75, 3.05) is 44.3 Å². The first-order valence-corrected chi connectivity index (χ1v) is 7.00. The molecule has 21 heavy (non-hydrogen) atoms. The van der Waals surface area contributed by atoms with E-state index in [1.807, 2.05) is 24.3 Å². The van der Waals surface area contributed by atoms with Gasteiger partial charge in [-0.25, -0.2) is 4.79 Å². The summed E-state index contributed by atoms with van der Waals surface area (Å²) in [6.45, 7) is 4.02. The summed E-state index contributed by atoms with van der Waals surface area (Å²) in [5.41, 5.74) is 1.74. The summed E-state index contributed by atoms with van der Waals surface area (Å²) in [7, 11) is 0. The van der Waals surface area contributed by atoms with Crippen LogP contribution in [0.25, 0.3) is 0 Å². The highest BCUT2D eigenvalue weighted by molar-refractivity contribution is 5.94. The second kappa shape index (κ2) is 7.08. The predicted octanol–water partition coefficient (Wildman–Crippen LogP) is 1.14. The van der Waals surface area contributed by atoms with Gasteiger partial charge in [0.15, 0.2) is 5.78 Å². The van der Waals surface area contributed by atoms with Crippen LogP contribution in [-0.4, -0.2) is 61.3 Å². The fourth-order valence-corrected chi connectivity index (χ4v) is 2.28. The Morgan fingerprint density at radius 1 is 1.14 bits per heavy atom. The molecule has 1 aromatic carbocycles. The number of carbonyl (C=O) groups is 2. The van der Waals surface area contributed by atoms with E-state index in [1.54, 1.807) is 11.8 Å². The molecule has 1 saturated heterocycles. The normalized spacial score (nSPS) is 15.0. The van der Waals surface area contributed by atoms with Crippen molar-refractivity contribution in [3.63, 3.8) is 0 Å². The van der Waals surface area contributed by atoms with Crippen molar-refractivity contribution in [2.24, 2.45) is 0 Å². The van der Waals surface area contributed by atoms with Gasteiger partial charge in [-0.1, -0.05) is 0 Å². The molecule has 1 heterocycles. The van der Waals surface area contributed by atoms with Crippen LogP contribution in [0.15, 0.2) is 24.3 Å². The Hall–Kier alpha value is -2.08. The molecule has 1 aromatic rings. The topological polar surface area (TPSA) is 70.1 Å². The summed E-state index contributed by atoms with van der Waals surface area (Å²) in [5, 5.41) is 8.64. The van der Waals surface area contributed by atoms with Crippen molar-refractivity contribution in [1.29, 1.82) is 0 Å². The zero-order valence-corrected chi connectivity index (χ0v) is 12.1. The number of aliphatic hydroxyl groups excluding tert-OH is 1. The number of Topliss-reactive ketones (excluding diaryl/α,β-unsaturated/α-hetero) is 1. The number of hydrogen-bond donors (Lipinski definition) is 1. The number of ketones is 1. The minimum Gasteiger partial charge on any atom is -0.447 e. The number of rotatable bonds is 4. The van der Waals surface area contributed by atoms with Gasteiger partial charge < -0.3 is 19.6 Å². The summed E-state index contributed by atoms with van der Waals surface area (Å²) in [5.74, 6) is 0.0537. The first kappa shape index (κ1) is 15.3. The van der Waals surface area contributed by atoms with Crippen molar-refractivity contribution >= 4 is 17.6 Å². The van der Waals surface area contributed by atoms with Crippen LogP contribution in [0.2, 0.25) is 0 Å². The Balaban J connectivity index is 1.88. The SMILES string of the molecule is CC(=O)c1ccc(N2CCN(C(=O)OCCO)CC2)cc1. The van der Waals surface area contributed by atoms with Crippen LogP contribution in [0.4, 0.5) is 10.5 Å². The third-order valence-corrected chi connectivity index (χ3v) is 3.49. The minimum absolute atomic E-state index is 0.0333. The van der Waals surface area contributed by atoms with E-state index < -0.39 is 0 Å². The van der Waals surface area contributed by atoms with Gasteiger partial charge in [0.2, 0.25) is 0 Å². The lowest BCUT2D eigenvalue weighted by molar-refractivity contribution is 0.0825. The van der Waals surface area contributed by atoms with Crippen LogP contribution in [-0.2, 0) is 4.74 Å². The second-order valence-electron chi connectivity index (χ2n) is 4.92. The van der Waals surface area contributed by atoms with Crippen molar-refractivity contribution in [1.82, 2.24) is 4.90 Å². The molecule has 2 rings (SSSR count). The van der Waals surface area contributed by atoms with E-state index in [-0.39, 0.29) is 25.1 Å². The molecule has 0 unspecified atom stereocenters. The van der Waals surface area contributed by atoms with Gasteiger partial charge in [-0.2, -0.15) is 0 Å². The van der Waals surface area contributed by atoms with Gasteiger partial charge in [0.25, 0.3) is 0 Å². The van der Waals surface area contributed by atoms with Gasteiger partial charge in [0, 0.05) is 37.4 Å². The molecule has 1 amide bonds. The molecular formula is C15H20N2O4. The lowest BCUT2D eigenvalue weighted by Gasteiger charge is -2.35. The van der Waals surface area contributed by atoms with Crippen LogP contribution >= 0.6 is 0 Å². The molecule has 0 aromatic heterocycles. The van der Waals surface area contributed by atoms with E-state index in [0.717, 1.165) is 5.69 Å². The Labute approximate surface area is 123 Å². The molecular weight excluding hydrogens is 272 g/mol. The molecule has 1 aliphatic heterocycles. The van der Waals surface area contributed by atoms with Gasteiger partial charge >= 0.3 is 6.09 Å². The zero-order chi connectivity index (χ0) is 15.2. The standard InChI is InChI=1S/C15H20N2O4/c1-12(19)13-2-4-14(5-3-13)16-6-8-17(9-7-16)15(20)21-11-10-18/h2-5,18H,6-11H2,1H3. The maximum absolute atomic E-state index is 11.7. The lowest BCUT2D eigenvalue weighted by Crippen LogP contribution is -2.49. The fraction of sp³-hybridized carbons (Fsp3) is 0.467. The molecule has 0 spiro atoms. The number of benzene rings is 1. The Morgan fingerprint density at radius 2 is 1.76 bits per heavy atom. The number of nitrogens with zero attached hydrogens (tertiary/aromatic N) is 2. The van der Waals surface area contributed by atoms with Crippen LogP contribution in [0, 0.1) is 0 Å². The first-order chi connectivity index (χ1) is 10.1. The zero-order valence-electron chi connectivity index (χ0n) is 12.1. The minimum atomic E-state index is -0.379. The smallest absolute Gasteiger partial charge is 0.409 e. The number of aliphatic hydroxyl groups is 1. The van der Waals surface area contributed by atoms with Gasteiger partial charge in [-0.15, -0.1) is 0 Å². The highest BCUT2D eigenvalue weighted by atomic mass is 16.6.